The molecular weight excluding hydrogens is 98.1 g/mol. The Kier molecular flexibility index (Phi) is 3.31. The van der Waals surface area contributed by atoms with E-state index in [0.717, 1.165) is 0 Å². The van der Waals surface area contributed by atoms with E-state index in [1.165, 1.54) is 0 Å². The summed E-state index contributed by atoms with van der Waals surface area (Å²) in [4.78, 5) is 0. The predicted octanol–water partition coefficient (Wildman–Crippen LogP) is 1.48. The number of alkyl halides is 2. The van der Waals surface area contributed by atoms with Crippen LogP contribution >= 0.6 is 0 Å². The third-order valence-corrected chi connectivity index (χ3v) is 0.381. The first-order chi connectivity index (χ1) is 3.27. The van der Waals surface area contributed by atoms with Crippen LogP contribution in [0.4, 0.5) is 8.78 Å². The van der Waals surface area contributed by atoms with Crippen LogP contribution in [-0.4, -0.2) is 6.43 Å². The summed E-state index contributed by atoms with van der Waals surface area (Å²) in [5.74, 6) is 4.26. The van der Waals surface area contributed by atoms with Gasteiger partial charge in [-0.1, -0.05) is 5.92 Å². The van der Waals surface area contributed by atoms with E-state index >= 15 is 0 Å². The zero-order valence-electron chi connectivity index (χ0n) is 3.75. The SMILES string of the molecule is [CH2]C#CCC(F)F. The highest BCUT2D eigenvalue weighted by molar-refractivity contribution is 5.01. The molecule has 0 atom stereocenters. The van der Waals surface area contributed by atoms with Crippen molar-refractivity contribution in [2.24, 2.45) is 0 Å². The normalized spacial score (nSPS) is 8.00. The van der Waals surface area contributed by atoms with Crippen molar-refractivity contribution in [1.29, 1.82) is 0 Å². The van der Waals surface area contributed by atoms with E-state index in [4.69, 9.17) is 0 Å². The molecule has 0 unspecified atom stereocenters. The topological polar surface area (TPSA) is 0 Å². The highest BCUT2D eigenvalue weighted by Crippen LogP contribution is 1.94. The Morgan fingerprint density at radius 3 is 2.29 bits per heavy atom. The largest absolute Gasteiger partial charge is 0.249 e. The molecule has 0 aromatic rings. The summed E-state index contributed by atoms with van der Waals surface area (Å²) < 4.78 is 22.2. The van der Waals surface area contributed by atoms with Gasteiger partial charge in [-0.15, -0.1) is 5.92 Å². The Morgan fingerprint density at radius 1 is 1.57 bits per heavy atom. The Bertz CT molecular complexity index is 86.0. The van der Waals surface area contributed by atoms with Gasteiger partial charge in [0, 0.05) is 6.92 Å². The Morgan fingerprint density at radius 2 is 2.14 bits per heavy atom. The quantitative estimate of drug-likeness (QED) is 0.441. The second-order valence-corrected chi connectivity index (χ2v) is 0.949. The summed E-state index contributed by atoms with van der Waals surface area (Å²) >= 11 is 0. The Balaban J connectivity index is 3.08. The summed E-state index contributed by atoms with van der Waals surface area (Å²) in [6.07, 6.45) is -2.67. The van der Waals surface area contributed by atoms with Crippen LogP contribution in [0.1, 0.15) is 6.42 Å². The maximum absolute atomic E-state index is 11.1. The Labute approximate surface area is 41.5 Å². The predicted molar refractivity (Wildman–Crippen MR) is 23.8 cm³/mol. The molecule has 2 heteroatoms. The fourth-order valence-corrected chi connectivity index (χ4v) is 0.149. The molecule has 0 saturated heterocycles. The lowest BCUT2D eigenvalue weighted by atomic mass is 10.4. The van der Waals surface area contributed by atoms with Crippen molar-refractivity contribution >= 4 is 0 Å². The monoisotopic (exact) mass is 103 g/mol. The van der Waals surface area contributed by atoms with Crippen LogP contribution in [0.25, 0.3) is 0 Å². The van der Waals surface area contributed by atoms with Crippen molar-refractivity contribution in [3.63, 3.8) is 0 Å². The minimum atomic E-state index is -2.31. The first-order valence-corrected chi connectivity index (χ1v) is 1.80. The number of hydrogen-bond donors (Lipinski definition) is 0. The van der Waals surface area contributed by atoms with Gasteiger partial charge >= 0.3 is 0 Å². The van der Waals surface area contributed by atoms with Crippen LogP contribution in [0.5, 0.6) is 0 Å². The van der Waals surface area contributed by atoms with Crippen LogP contribution in [-0.2, 0) is 0 Å². The van der Waals surface area contributed by atoms with Crippen molar-refractivity contribution in [1.82, 2.24) is 0 Å². The van der Waals surface area contributed by atoms with Crippen molar-refractivity contribution in [3.8, 4) is 11.8 Å². The second kappa shape index (κ2) is 3.60. The van der Waals surface area contributed by atoms with E-state index in [1.807, 2.05) is 0 Å². The molecule has 0 fully saturated rings. The third-order valence-electron chi connectivity index (χ3n) is 0.381. The number of rotatable bonds is 1. The summed E-state index contributed by atoms with van der Waals surface area (Å²) in [6, 6.07) is 0. The van der Waals surface area contributed by atoms with Gasteiger partial charge in [0.2, 0.25) is 6.43 Å². The van der Waals surface area contributed by atoms with Gasteiger partial charge in [-0.3, -0.25) is 0 Å². The highest BCUT2D eigenvalue weighted by Gasteiger charge is 1.94. The zero-order valence-corrected chi connectivity index (χ0v) is 3.75. The van der Waals surface area contributed by atoms with Crippen LogP contribution in [0.2, 0.25) is 0 Å². The molecular formula is C5H5F2. The summed E-state index contributed by atoms with van der Waals surface area (Å²) in [6.45, 7) is 3.06. The van der Waals surface area contributed by atoms with Crippen molar-refractivity contribution in [2.75, 3.05) is 0 Å². The smallest absolute Gasteiger partial charge is 0.209 e. The standard InChI is InChI=1S/C5H5F2/c1-2-3-4-5(6)7/h5H,1,4H2. The van der Waals surface area contributed by atoms with Crippen LogP contribution < -0.4 is 0 Å². The van der Waals surface area contributed by atoms with Gasteiger partial charge in [0.1, 0.15) is 0 Å². The van der Waals surface area contributed by atoms with Crippen molar-refractivity contribution in [3.05, 3.63) is 6.92 Å². The van der Waals surface area contributed by atoms with Gasteiger partial charge in [0.05, 0.1) is 6.42 Å². The highest BCUT2D eigenvalue weighted by atomic mass is 19.3. The lowest BCUT2D eigenvalue weighted by Crippen LogP contribution is -1.83. The molecule has 0 aromatic carbocycles. The molecule has 0 heterocycles. The number of halogens is 2. The lowest BCUT2D eigenvalue weighted by Gasteiger charge is -1.82. The molecule has 0 aliphatic heterocycles. The van der Waals surface area contributed by atoms with E-state index in [0.29, 0.717) is 0 Å². The van der Waals surface area contributed by atoms with Crippen LogP contribution in [0.3, 0.4) is 0 Å². The fourth-order valence-electron chi connectivity index (χ4n) is 0.149. The molecule has 0 nitrogen and oxygen atoms in total. The van der Waals surface area contributed by atoms with E-state index in [-0.39, 0.29) is 6.42 Å². The molecule has 0 aromatic heterocycles. The van der Waals surface area contributed by atoms with Gasteiger partial charge < -0.3 is 0 Å². The molecule has 0 saturated carbocycles. The van der Waals surface area contributed by atoms with Gasteiger partial charge in [-0.25, -0.2) is 8.78 Å². The summed E-state index contributed by atoms with van der Waals surface area (Å²) in [5.41, 5.74) is 0. The van der Waals surface area contributed by atoms with Crippen molar-refractivity contribution in [2.45, 2.75) is 12.8 Å². The molecule has 0 aliphatic carbocycles. The van der Waals surface area contributed by atoms with Crippen molar-refractivity contribution < 1.29 is 8.78 Å². The molecule has 0 aliphatic rings. The fraction of sp³-hybridized carbons (Fsp3) is 0.400. The second-order valence-electron chi connectivity index (χ2n) is 0.949. The van der Waals surface area contributed by atoms with Gasteiger partial charge in [-0.05, 0) is 0 Å². The Hall–Kier alpha value is -0.580. The molecule has 39 valence electrons. The molecule has 7 heavy (non-hydrogen) atoms. The molecule has 0 amide bonds. The maximum atomic E-state index is 11.1. The third kappa shape index (κ3) is 5.42. The molecule has 0 rings (SSSR count). The first kappa shape index (κ1) is 6.42. The minimum Gasteiger partial charge on any atom is -0.209 e. The summed E-state index contributed by atoms with van der Waals surface area (Å²) in [5, 5.41) is 0. The van der Waals surface area contributed by atoms with E-state index in [9.17, 15) is 8.78 Å². The van der Waals surface area contributed by atoms with E-state index < -0.39 is 6.43 Å². The van der Waals surface area contributed by atoms with E-state index in [1.54, 1.807) is 0 Å². The zero-order chi connectivity index (χ0) is 5.70. The lowest BCUT2D eigenvalue weighted by molar-refractivity contribution is 0.155. The molecule has 0 N–H and O–H groups in total. The van der Waals surface area contributed by atoms with Gasteiger partial charge in [0.25, 0.3) is 0 Å². The van der Waals surface area contributed by atoms with Crippen LogP contribution in [0.15, 0.2) is 0 Å². The van der Waals surface area contributed by atoms with Gasteiger partial charge in [0.15, 0.2) is 0 Å². The van der Waals surface area contributed by atoms with E-state index in [2.05, 4.69) is 18.8 Å². The molecule has 1 radical (unpaired) electrons. The van der Waals surface area contributed by atoms with Crippen LogP contribution in [0, 0.1) is 18.8 Å². The van der Waals surface area contributed by atoms with Gasteiger partial charge in [-0.2, -0.15) is 0 Å². The summed E-state index contributed by atoms with van der Waals surface area (Å²) in [7, 11) is 0. The first-order valence-electron chi connectivity index (χ1n) is 1.80. The minimum absolute atomic E-state index is 0.358. The maximum Gasteiger partial charge on any atom is 0.249 e. The average molecular weight is 103 g/mol. The molecule has 0 bridgehead atoms. The molecule has 0 spiro atoms. The average Bonchev–Trinajstić information content (AvgIpc) is 1.61. The number of hydrogen-bond acceptors (Lipinski definition) is 0.